The summed E-state index contributed by atoms with van der Waals surface area (Å²) in [5, 5.41) is 10.5. The Morgan fingerprint density at radius 1 is 1.04 bits per heavy atom. The molecule has 0 heterocycles. The lowest BCUT2D eigenvalue weighted by Crippen LogP contribution is -2.43. The van der Waals surface area contributed by atoms with E-state index < -0.39 is 0 Å². The van der Waals surface area contributed by atoms with Crippen molar-refractivity contribution in [2.75, 3.05) is 0 Å². The zero-order valence-electron chi connectivity index (χ0n) is 16.2. The fourth-order valence-electron chi connectivity index (χ4n) is 6.36. The van der Waals surface area contributed by atoms with E-state index in [2.05, 4.69) is 49.4 Å². The van der Waals surface area contributed by atoms with Gasteiger partial charge in [0.2, 0.25) is 0 Å². The van der Waals surface area contributed by atoms with Gasteiger partial charge in [0.15, 0.2) is 0 Å². The summed E-state index contributed by atoms with van der Waals surface area (Å²) >= 11 is 0. The lowest BCUT2D eigenvalue weighted by molar-refractivity contribution is -0.0226. The number of ether oxygens (including phenoxy) is 1. The van der Waals surface area contributed by atoms with Gasteiger partial charge in [-0.05, 0) is 90.5 Å². The van der Waals surface area contributed by atoms with Crippen molar-refractivity contribution in [3.05, 3.63) is 65.2 Å². The van der Waals surface area contributed by atoms with Crippen LogP contribution in [0, 0.1) is 17.3 Å². The predicted octanol–water partition coefficient (Wildman–Crippen LogP) is 5.48. The predicted molar refractivity (Wildman–Crippen MR) is 108 cm³/mol. The molecule has 0 saturated heterocycles. The van der Waals surface area contributed by atoms with Crippen molar-refractivity contribution < 1.29 is 9.84 Å². The largest absolute Gasteiger partial charge is 0.489 e. The summed E-state index contributed by atoms with van der Waals surface area (Å²) in [5.74, 6) is 3.13. The van der Waals surface area contributed by atoms with E-state index in [0.29, 0.717) is 18.4 Å². The molecule has 2 nitrogen and oxygen atoms in total. The molecule has 2 saturated carbocycles. The lowest BCUT2D eigenvalue weighted by Gasteiger charge is -2.50. The molecule has 3 aliphatic rings. The van der Waals surface area contributed by atoms with Gasteiger partial charge >= 0.3 is 0 Å². The highest BCUT2D eigenvalue weighted by Gasteiger charge is 2.54. The average Bonchev–Trinajstić information content (AvgIpc) is 3.01. The van der Waals surface area contributed by atoms with E-state index in [9.17, 15) is 5.11 Å². The molecule has 2 fully saturated rings. The van der Waals surface area contributed by atoms with E-state index in [1.54, 1.807) is 5.56 Å². The van der Waals surface area contributed by atoms with Crippen LogP contribution in [0.1, 0.15) is 61.6 Å². The third-order valence-electron chi connectivity index (χ3n) is 7.90. The number of hydrogen-bond donors (Lipinski definition) is 1. The molecule has 0 spiro atoms. The molecule has 0 amide bonds. The van der Waals surface area contributed by atoms with Crippen LogP contribution in [-0.4, -0.2) is 11.2 Å². The van der Waals surface area contributed by atoms with Crippen molar-refractivity contribution in [2.24, 2.45) is 17.3 Å². The maximum Gasteiger partial charge on any atom is 0.120 e. The van der Waals surface area contributed by atoms with Crippen LogP contribution in [0.15, 0.2) is 48.5 Å². The SMILES string of the molecule is C[C@@]12CC[C@H]3c4ccc(OCc5ccccc5)cc4CC[C@@H]3[C@H]1CC[C@@H]2O. The minimum absolute atomic E-state index is 0.0846. The molecule has 5 atom stereocenters. The Morgan fingerprint density at radius 3 is 2.74 bits per heavy atom. The van der Waals surface area contributed by atoms with Crippen molar-refractivity contribution in [2.45, 2.75) is 64.1 Å². The summed E-state index contributed by atoms with van der Waals surface area (Å²) in [6.07, 6.45) is 6.96. The highest BCUT2D eigenvalue weighted by Crippen LogP contribution is 2.60. The van der Waals surface area contributed by atoms with E-state index in [0.717, 1.165) is 24.5 Å². The Hall–Kier alpha value is -1.80. The minimum atomic E-state index is -0.0846. The fraction of sp³-hybridized carbons (Fsp3) is 0.520. The van der Waals surface area contributed by atoms with Gasteiger partial charge in [-0.15, -0.1) is 0 Å². The van der Waals surface area contributed by atoms with E-state index in [1.807, 2.05) is 6.07 Å². The van der Waals surface area contributed by atoms with Crippen LogP contribution in [0.2, 0.25) is 0 Å². The monoisotopic (exact) mass is 362 g/mol. The van der Waals surface area contributed by atoms with E-state index in [1.165, 1.54) is 36.8 Å². The van der Waals surface area contributed by atoms with Crippen LogP contribution in [0.5, 0.6) is 5.75 Å². The molecular weight excluding hydrogens is 332 g/mol. The maximum atomic E-state index is 10.5. The van der Waals surface area contributed by atoms with Gasteiger partial charge in [-0.1, -0.05) is 43.3 Å². The van der Waals surface area contributed by atoms with Gasteiger partial charge in [0.1, 0.15) is 12.4 Å². The average molecular weight is 363 g/mol. The Bertz CT molecular complexity index is 814. The number of hydrogen-bond acceptors (Lipinski definition) is 2. The molecule has 2 heteroatoms. The van der Waals surface area contributed by atoms with Crippen LogP contribution in [0.25, 0.3) is 0 Å². The molecule has 0 radical (unpaired) electrons. The smallest absolute Gasteiger partial charge is 0.120 e. The number of aryl methyl sites for hydroxylation is 1. The maximum absolute atomic E-state index is 10.5. The normalized spacial score (nSPS) is 34.4. The summed E-state index contributed by atoms with van der Waals surface area (Å²) in [5.41, 5.74) is 4.42. The molecule has 2 aromatic carbocycles. The highest BCUT2D eigenvalue weighted by atomic mass is 16.5. The summed E-state index contributed by atoms with van der Waals surface area (Å²) < 4.78 is 6.06. The molecule has 2 aromatic rings. The Morgan fingerprint density at radius 2 is 1.89 bits per heavy atom. The highest BCUT2D eigenvalue weighted by molar-refractivity contribution is 5.41. The third kappa shape index (κ3) is 2.89. The summed E-state index contributed by atoms with van der Waals surface area (Å²) in [7, 11) is 0. The van der Waals surface area contributed by atoms with Crippen molar-refractivity contribution in [3.8, 4) is 5.75 Å². The Labute approximate surface area is 162 Å². The van der Waals surface area contributed by atoms with Gasteiger partial charge < -0.3 is 9.84 Å². The molecule has 27 heavy (non-hydrogen) atoms. The molecule has 0 aliphatic heterocycles. The van der Waals surface area contributed by atoms with Gasteiger partial charge in [0, 0.05) is 0 Å². The zero-order chi connectivity index (χ0) is 18.4. The van der Waals surface area contributed by atoms with Gasteiger partial charge in [-0.2, -0.15) is 0 Å². The first kappa shape index (κ1) is 17.3. The first-order valence-corrected chi connectivity index (χ1v) is 10.6. The first-order chi connectivity index (χ1) is 13.1. The molecule has 0 aromatic heterocycles. The molecule has 0 bridgehead atoms. The number of aliphatic hydroxyl groups is 1. The standard InChI is InChI=1S/C25H30O2/c1-25-14-13-21-20-10-8-19(27-16-17-5-3-2-4-6-17)15-18(20)7-9-22(21)23(25)11-12-24(25)26/h2-6,8,10,15,21-24,26H,7,9,11-14,16H2,1H3/t21-,22-,23+,24-,25+/m0/s1. The van der Waals surface area contributed by atoms with E-state index in [4.69, 9.17) is 4.74 Å². The number of aliphatic hydroxyl groups excluding tert-OH is 1. The van der Waals surface area contributed by atoms with Crippen molar-refractivity contribution in [3.63, 3.8) is 0 Å². The van der Waals surface area contributed by atoms with Gasteiger partial charge in [0.25, 0.3) is 0 Å². The van der Waals surface area contributed by atoms with Crippen LogP contribution in [0.3, 0.4) is 0 Å². The summed E-state index contributed by atoms with van der Waals surface area (Å²) in [6.45, 7) is 2.98. The lowest BCUT2D eigenvalue weighted by atomic mass is 9.55. The number of benzene rings is 2. The van der Waals surface area contributed by atoms with Crippen molar-refractivity contribution in [1.29, 1.82) is 0 Å². The molecule has 142 valence electrons. The Kier molecular flexibility index (Phi) is 4.27. The summed E-state index contributed by atoms with van der Waals surface area (Å²) in [4.78, 5) is 0. The van der Waals surface area contributed by atoms with E-state index in [-0.39, 0.29) is 11.5 Å². The second-order valence-corrected chi connectivity index (χ2v) is 9.19. The van der Waals surface area contributed by atoms with Gasteiger partial charge in [0.05, 0.1) is 6.10 Å². The first-order valence-electron chi connectivity index (χ1n) is 10.6. The van der Waals surface area contributed by atoms with Crippen molar-refractivity contribution in [1.82, 2.24) is 0 Å². The van der Waals surface area contributed by atoms with Crippen molar-refractivity contribution >= 4 is 0 Å². The van der Waals surface area contributed by atoms with Gasteiger partial charge in [-0.3, -0.25) is 0 Å². The topological polar surface area (TPSA) is 29.5 Å². The number of rotatable bonds is 3. The number of fused-ring (bicyclic) bond motifs is 5. The molecular formula is C25H30O2. The molecule has 0 unspecified atom stereocenters. The Balaban J connectivity index is 1.34. The molecule has 5 rings (SSSR count). The summed E-state index contributed by atoms with van der Waals surface area (Å²) in [6, 6.07) is 17.2. The van der Waals surface area contributed by atoms with Crippen LogP contribution < -0.4 is 4.74 Å². The van der Waals surface area contributed by atoms with Crippen LogP contribution in [-0.2, 0) is 13.0 Å². The quantitative estimate of drug-likeness (QED) is 0.783. The second-order valence-electron chi connectivity index (χ2n) is 9.19. The molecule has 3 aliphatic carbocycles. The molecule has 1 N–H and O–H groups in total. The van der Waals surface area contributed by atoms with Gasteiger partial charge in [-0.25, -0.2) is 0 Å². The fourth-order valence-corrected chi connectivity index (χ4v) is 6.36. The van der Waals surface area contributed by atoms with E-state index >= 15 is 0 Å². The third-order valence-corrected chi connectivity index (χ3v) is 7.90. The second kappa shape index (κ2) is 6.67. The van der Waals surface area contributed by atoms with Crippen LogP contribution >= 0.6 is 0 Å². The zero-order valence-corrected chi connectivity index (χ0v) is 16.2. The van der Waals surface area contributed by atoms with Crippen LogP contribution in [0.4, 0.5) is 0 Å². The minimum Gasteiger partial charge on any atom is -0.489 e.